The zero-order valence-corrected chi connectivity index (χ0v) is 10.9. The van der Waals surface area contributed by atoms with Crippen molar-refractivity contribution in [1.82, 2.24) is 0 Å². The highest BCUT2D eigenvalue weighted by Gasteiger charge is 2.13. The summed E-state index contributed by atoms with van der Waals surface area (Å²) in [7, 11) is 0. The van der Waals surface area contributed by atoms with Crippen LogP contribution >= 0.6 is 0 Å². The lowest BCUT2D eigenvalue weighted by Crippen LogP contribution is -1.96. The van der Waals surface area contributed by atoms with Crippen molar-refractivity contribution >= 4 is 0 Å². The number of hydrogen-bond acceptors (Lipinski definition) is 3. The van der Waals surface area contributed by atoms with Crippen molar-refractivity contribution in [3.8, 4) is 17.2 Å². The third-order valence-electron chi connectivity index (χ3n) is 2.60. The Morgan fingerprint density at radius 3 is 2.05 bits per heavy atom. The fourth-order valence-electron chi connectivity index (χ4n) is 1.69. The number of halogens is 2. The first-order valence-electron chi connectivity index (χ1n) is 6.13. The van der Waals surface area contributed by atoms with Crippen molar-refractivity contribution in [2.45, 2.75) is 13.5 Å². The molecular formula is C15H14F2O3. The van der Waals surface area contributed by atoms with Gasteiger partial charge in [0.15, 0.2) is 17.4 Å². The van der Waals surface area contributed by atoms with Gasteiger partial charge in [0.2, 0.25) is 0 Å². The monoisotopic (exact) mass is 280 g/mol. The second kappa shape index (κ2) is 6.34. The van der Waals surface area contributed by atoms with Crippen LogP contribution in [0.4, 0.5) is 8.78 Å². The van der Waals surface area contributed by atoms with E-state index >= 15 is 0 Å². The third-order valence-corrected chi connectivity index (χ3v) is 2.60. The van der Waals surface area contributed by atoms with Gasteiger partial charge in [-0.3, -0.25) is 0 Å². The lowest BCUT2D eigenvalue weighted by Gasteiger charge is -2.10. The van der Waals surface area contributed by atoms with Crippen LogP contribution in [0.2, 0.25) is 0 Å². The van der Waals surface area contributed by atoms with Gasteiger partial charge < -0.3 is 14.6 Å². The molecule has 0 heterocycles. The smallest absolute Gasteiger partial charge is 0.198 e. The van der Waals surface area contributed by atoms with Crippen LogP contribution < -0.4 is 9.47 Å². The van der Waals surface area contributed by atoms with Gasteiger partial charge in [0.1, 0.15) is 11.5 Å². The normalized spacial score (nSPS) is 10.4. The number of benzene rings is 2. The van der Waals surface area contributed by atoms with E-state index < -0.39 is 24.0 Å². The number of rotatable bonds is 5. The summed E-state index contributed by atoms with van der Waals surface area (Å²) in [6.07, 6.45) is 0. The number of aliphatic hydroxyl groups is 1. The van der Waals surface area contributed by atoms with Gasteiger partial charge >= 0.3 is 0 Å². The zero-order chi connectivity index (χ0) is 14.5. The standard InChI is InChI=1S/C15H14F2O3/c1-2-19-11-3-5-12(6-4-11)20-15-13(16)7-10(9-18)8-14(15)17/h3-8,18H,2,9H2,1H3. The average molecular weight is 280 g/mol. The Balaban J connectivity index is 2.21. The van der Waals surface area contributed by atoms with Gasteiger partial charge in [0, 0.05) is 0 Å². The van der Waals surface area contributed by atoms with Gasteiger partial charge in [0.25, 0.3) is 0 Å². The van der Waals surface area contributed by atoms with E-state index in [-0.39, 0.29) is 5.56 Å². The Morgan fingerprint density at radius 2 is 1.55 bits per heavy atom. The quantitative estimate of drug-likeness (QED) is 0.908. The second-order valence-corrected chi connectivity index (χ2v) is 4.05. The molecule has 0 aliphatic carbocycles. The lowest BCUT2D eigenvalue weighted by molar-refractivity contribution is 0.279. The van der Waals surface area contributed by atoms with Gasteiger partial charge in [-0.25, -0.2) is 8.78 Å². The molecule has 0 fully saturated rings. The summed E-state index contributed by atoms with van der Waals surface area (Å²) >= 11 is 0. The van der Waals surface area contributed by atoms with Crippen molar-refractivity contribution in [2.24, 2.45) is 0 Å². The van der Waals surface area contributed by atoms with Crippen LogP contribution in [0.15, 0.2) is 36.4 Å². The molecule has 0 spiro atoms. The van der Waals surface area contributed by atoms with E-state index in [1.165, 1.54) is 0 Å². The fraction of sp³-hybridized carbons (Fsp3) is 0.200. The highest BCUT2D eigenvalue weighted by Crippen LogP contribution is 2.29. The van der Waals surface area contributed by atoms with E-state index in [4.69, 9.17) is 14.6 Å². The first-order chi connectivity index (χ1) is 9.63. The Bertz CT molecular complexity index is 559. The SMILES string of the molecule is CCOc1ccc(Oc2c(F)cc(CO)cc2F)cc1. The summed E-state index contributed by atoms with van der Waals surface area (Å²) in [6, 6.07) is 8.49. The highest BCUT2D eigenvalue weighted by molar-refractivity contribution is 5.38. The fourth-order valence-corrected chi connectivity index (χ4v) is 1.69. The van der Waals surface area contributed by atoms with Gasteiger partial charge in [-0.05, 0) is 48.9 Å². The van der Waals surface area contributed by atoms with E-state index in [0.717, 1.165) is 12.1 Å². The molecule has 5 heteroatoms. The molecule has 0 radical (unpaired) electrons. The van der Waals surface area contributed by atoms with Gasteiger partial charge in [-0.15, -0.1) is 0 Å². The molecule has 20 heavy (non-hydrogen) atoms. The first kappa shape index (κ1) is 14.3. The van der Waals surface area contributed by atoms with E-state index in [1.807, 2.05) is 6.92 Å². The summed E-state index contributed by atoms with van der Waals surface area (Å²) in [4.78, 5) is 0. The molecule has 1 N–H and O–H groups in total. The minimum Gasteiger partial charge on any atom is -0.494 e. The maximum Gasteiger partial charge on any atom is 0.198 e. The minimum absolute atomic E-state index is 0.152. The van der Waals surface area contributed by atoms with E-state index in [0.29, 0.717) is 18.1 Å². The minimum atomic E-state index is -0.858. The molecule has 2 aromatic carbocycles. The molecule has 0 aliphatic heterocycles. The molecule has 2 rings (SSSR count). The summed E-state index contributed by atoms with van der Waals surface area (Å²) in [5.74, 6) is -1.27. The van der Waals surface area contributed by atoms with Crippen LogP contribution in [0.5, 0.6) is 17.2 Å². The second-order valence-electron chi connectivity index (χ2n) is 4.05. The Kier molecular flexibility index (Phi) is 4.53. The highest BCUT2D eigenvalue weighted by atomic mass is 19.1. The zero-order valence-electron chi connectivity index (χ0n) is 10.9. The average Bonchev–Trinajstić information content (AvgIpc) is 2.44. The van der Waals surface area contributed by atoms with Crippen LogP contribution in [0, 0.1) is 11.6 Å². The van der Waals surface area contributed by atoms with Crippen LogP contribution in [0.3, 0.4) is 0 Å². The summed E-state index contributed by atoms with van der Waals surface area (Å²) in [5.41, 5.74) is 0.152. The van der Waals surface area contributed by atoms with Gasteiger partial charge in [0.05, 0.1) is 13.2 Å². The summed E-state index contributed by atoms with van der Waals surface area (Å²) in [5, 5.41) is 8.86. The van der Waals surface area contributed by atoms with Crippen LogP contribution in [-0.4, -0.2) is 11.7 Å². The van der Waals surface area contributed by atoms with Crippen LogP contribution in [0.25, 0.3) is 0 Å². The number of aliphatic hydroxyl groups excluding tert-OH is 1. The van der Waals surface area contributed by atoms with E-state index in [9.17, 15) is 8.78 Å². The predicted octanol–water partition coefficient (Wildman–Crippen LogP) is 3.65. The van der Waals surface area contributed by atoms with Crippen molar-refractivity contribution in [1.29, 1.82) is 0 Å². The van der Waals surface area contributed by atoms with E-state index in [2.05, 4.69) is 0 Å². The van der Waals surface area contributed by atoms with Gasteiger partial charge in [-0.1, -0.05) is 0 Å². The van der Waals surface area contributed by atoms with Crippen molar-refractivity contribution < 1.29 is 23.4 Å². The molecule has 106 valence electrons. The van der Waals surface area contributed by atoms with Crippen LogP contribution in [0.1, 0.15) is 12.5 Å². The molecule has 3 nitrogen and oxygen atoms in total. The van der Waals surface area contributed by atoms with Crippen molar-refractivity contribution in [2.75, 3.05) is 6.61 Å². The Morgan fingerprint density at radius 1 is 1.00 bits per heavy atom. The molecule has 0 saturated carbocycles. The Hall–Kier alpha value is -2.14. The Labute approximate surface area is 115 Å². The molecule has 0 saturated heterocycles. The number of ether oxygens (including phenoxy) is 2. The molecule has 0 unspecified atom stereocenters. The number of hydrogen-bond donors (Lipinski definition) is 1. The van der Waals surface area contributed by atoms with Crippen molar-refractivity contribution in [3.05, 3.63) is 53.6 Å². The van der Waals surface area contributed by atoms with Crippen LogP contribution in [-0.2, 0) is 6.61 Å². The summed E-state index contributed by atoms with van der Waals surface area (Å²) in [6.45, 7) is 1.96. The first-order valence-corrected chi connectivity index (χ1v) is 6.13. The topological polar surface area (TPSA) is 38.7 Å². The molecule has 0 bridgehead atoms. The lowest BCUT2D eigenvalue weighted by atomic mass is 10.2. The molecule has 0 atom stereocenters. The molecule has 2 aromatic rings. The van der Waals surface area contributed by atoms with Gasteiger partial charge in [-0.2, -0.15) is 0 Å². The third kappa shape index (κ3) is 3.24. The maximum absolute atomic E-state index is 13.7. The molecular weight excluding hydrogens is 266 g/mol. The predicted molar refractivity (Wildman–Crippen MR) is 70.0 cm³/mol. The summed E-state index contributed by atoms with van der Waals surface area (Å²) < 4.78 is 37.8. The van der Waals surface area contributed by atoms with Crippen molar-refractivity contribution in [3.63, 3.8) is 0 Å². The molecule has 0 aliphatic rings. The molecule has 0 amide bonds. The molecule has 0 aromatic heterocycles. The largest absolute Gasteiger partial charge is 0.494 e. The maximum atomic E-state index is 13.7. The van der Waals surface area contributed by atoms with E-state index in [1.54, 1.807) is 24.3 Å².